The molecule has 0 aromatic carbocycles. The van der Waals surface area contributed by atoms with Crippen LogP contribution in [0.5, 0.6) is 0 Å². The van der Waals surface area contributed by atoms with Crippen molar-refractivity contribution in [3.8, 4) is 0 Å². The van der Waals surface area contributed by atoms with E-state index in [1.165, 1.54) is 19.3 Å². The Kier molecular flexibility index (Phi) is 6.29. The highest BCUT2D eigenvalue weighted by molar-refractivity contribution is 5.79. The maximum absolute atomic E-state index is 12.6. The third-order valence-electron chi connectivity index (χ3n) is 6.56. The minimum atomic E-state index is 0.143. The number of carbonyl (C=O) groups excluding carboxylic acids is 1. The fourth-order valence-corrected chi connectivity index (χ4v) is 4.61. The number of piperidine rings is 3. The van der Waals surface area contributed by atoms with Crippen molar-refractivity contribution in [3.63, 3.8) is 0 Å². The summed E-state index contributed by atoms with van der Waals surface area (Å²) in [5.74, 6) is 1.26. The Morgan fingerprint density at radius 1 is 0.893 bits per heavy atom. The molecular weight excluding hydrogens is 352 g/mol. The van der Waals surface area contributed by atoms with Gasteiger partial charge in [0, 0.05) is 38.1 Å². The predicted molar refractivity (Wildman–Crippen MR) is 112 cm³/mol. The molecule has 0 atom stereocenters. The maximum atomic E-state index is 12.6. The van der Waals surface area contributed by atoms with Crippen LogP contribution < -0.4 is 15.1 Å². The number of carbonyl (C=O) groups is 1. The van der Waals surface area contributed by atoms with E-state index in [1.807, 2.05) is 12.4 Å². The molecule has 0 saturated carbocycles. The van der Waals surface area contributed by atoms with E-state index in [1.54, 1.807) is 0 Å². The van der Waals surface area contributed by atoms with Gasteiger partial charge in [-0.1, -0.05) is 0 Å². The number of anilines is 2. The van der Waals surface area contributed by atoms with Gasteiger partial charge in [0.05, 0.1) is 18.1 Å². The lowest BCUT2D eigenvalue weighted by Crippen LogP contribution is -2.47. The fourth-order valence-electron chi connectivity index (χ4n) is 4.61. The van der Waals surface area contributed by atoms with Gasteiger partial charge in [-0.25, -0.2) is 9.97 Å². The molecule has 7 heteroatoms. The van der Waals surface area contributed by atoms with Gasteiger partial charge in [0.15, 0.2) is 0 Å². The van der Waals surface area contributed by atoms with E-state index in [-0.39, 0.29) is 11.8 Å². The van der Waals surface area contributed by atoms with E-state index in [4.69, 9.17) is 0 Å². The number of nitrogens with one attached hydrogen (secondary N) is 1. The average molecular weight is 387 g/mol. The van der Waals surface area contributed by atoms with Crippen molar-refractivity contribution in [2.24, 2.45) is 5.92 Å². The minimum Gasteiger partial charge on any atom is -0.369 e. The number of likely N-dealkylation sites (tertiary alicyclic amines) is 1. The number of hydrogen-bond acceptors (Lipinski definition) is 6. The van der Waals surface area contributed by atoms with Gasteiger partial charge in [-0.3, -0.25) is 4.79 Å². The van der Waals surface area contributed by atoms with Crippen LogP contribution in [0.15, 0.2) is 12.4 Å². The molecule has 1 aromatic heterocycles. The second-order valence-corrected chi connectivity index (χ2v) is 8.64. The molecular formula is C21H34N6O. The van der Waals surface area contributed by atoms with Gasteiger partial charge in [0.2, 0.25) is 11.9 Å². The van der Waals surface area contributed by atoms with Crippen LogP contribution in [0.2, 0.25) is 0 Å². The highest BCUT2D eigenvalue weighted by Gasteiger charge is 2.28. The first-order valence-electron chi connectivity index (χ1n) is 11.0. The normalized spacial score (nSPS) is 23.0. The van der Waals surface area contributed by atoms with Crippen molar-refractivity contribution >= 4 is 17.5 Å². The van der Waals surface area contributed by atoms with E-state index in [0.29, 0.717) is 6.04 Å². The molecule has 0 spiro atoms. The van der Waals surface area contributed by atoms with Crippen LogP contribution in [0.3, 0.4) is 0 Å². The minimum absolute atomic E-state index is 0.143. The van der Waals surface area contributed by atoms with Crippen molar-refractivity contribution in [2.75, 3.05) is 56.1 Å². The molecule has 0 radical (unpaired) electrons. The SMILES string of the molecule is CN1CCC(NC(=O)C2CCN(c3cnc(N4CCCCC4)nc3)CC2)CC1. The molecule has 3 aliphatic rings. The monoisotopic (exact) mass is 386 g/mol. The second kappa shape index (κ2) is 9.07. The Bertz CT molecular complexity index is 629. The quantitative estimate of drug-likeness (QED) is 0.853. The largest absolute Gasteiger partial charge is 0.369 e. The van der Waals surface area contributed by atoms with Crippen LogP contribution in [-0.2, 0) is 4.79 Å². The first-order chi connectivity index (χ1) is 13.7. The molecule has 28 heavy (non-hydrogen) atoms. The first-order valence-corrected chi connectivity index (χ1v) is 11.0. The first kappa shape index (κ1) is 19.4. The van der Waals surface area contributed by atoms with Crippen molar-refractivity contribution in [2.45, 2.75) is 51.0 Å². The lowest BCUT2D eigenvalue weighted by molar-refractivity contribution is -0.126. The molecule has 3 saturated heterocycles. The van der Waals surface area contributed by atoms with Gasteiger partial charge in [-0.2, -0.15) is 0 Å². The van der Waals surface area contributed by atoms with Crippen LogP contribution in [-0.4, -0.2) is 73.1 Å². The van der Waals surface area contributed by atoms with Crippen molar-refractivity contribution in [1.29, 1.82) is 0 Å². The van der Waals surface area contributed by atoms with Crippen LogP contribution in [0.4, 0.5) is 11.6 Å². The van der Waals surface area contributed by atoms with Crippen LogP contribution in [0.1, 0.15) is 44.9 Å². The maximum Gasteiger partial charge on any atom is 0.225 e. The molecule has 3 fully saturated rings. The number of nitrogens with zero attached hydrogens (tertiary/aromatic N) is 5. The van der Waals surface area contributed by atoms with Crippen LogP contribution >= 0.6 is 0 Å². The molecule has 4 heterocycles. The van der Waals surface area contributed by atoms with Crippen molar-refractivity contribution < 1.29 is 4.79 Å². The number of aromatic nitrogens is 2. The summed E-state index contributed by atoms with van der Waals surface area (Å²) in [6.45, 7) is 6.09. The van der Waals surface area contributed by atoms with E-state index in [0.717, 1.165) is 76.6 Å². The van der Waals surface area contributed by atoms with Gasteiger partial charge in [-0.15, -0.1) is 0 Å². The zero-order valence-electron chi connectivity index (χ0n) is 17.1. The molecule has 154 valence electrons. The van der Waals surface area contributed by atoms with E-state index in [9.17, 15) is 4.79 Å². The summed E-state index contributed by atoms with van der Waals surface area (Å²) in [4.78, 5) is 28.8. The van der Waals surface area contributed by atoms with E-state index < -0.39 is 0 Å². The predicted octanol–water partition coefficient (Wildman–Crippen LogP) is 1.89. The highest BCUT2D eigenvalue weighted by atomic mass is 16.2. The van der Waals surface area contributed by atoms with Crippen molar-refractivity contribution in [1.82, 2.24) is 20.2 Å². The van der Waals surface area contributed by atoms with Crippen LogP contribution in [0, 0.1) is 5.92 Å². The highest BCUT2D eigenvalue weighted by Crippen LogP contribution is 2.24. The zero-order valence-corrected chi connectivity index (χ0v) is 17.1. The van der Waals surface area contributed by atoms with Gasteiger partial charge < -0.3 is 20.0 Å². The number of amides is 1. The Labute approximate surface area is 168 Å². The lowest BCUT2D eigenvalue weighted by Gasteiger charge is -2.35. The molecule has 4 rings (SSSR count). The molecule has 1 N–H and O–H groups in total. The smallest absolute Gasteiger partial charge is 0.225 e. The van der Waals surface area contributed by atoms with Crippen LogP contribution in [0.25, 0.3) is 0 Å². The Morgan fingerprint density at radius 2 is 1.54 bits per heavy atom. The summed E-state index contributed by atoms with van der Waals surface area (Å²) >= 11 is 0. The topological polar surface area (TPSA) is 64.6 Å². The summed E-state index contributed by atoms with van der Waals surface area (Å²) in [5.41, 5.74) is 1.08. The summed E-state index contributed by atoms with van der Waals surface area (Å²) in [6, 6.07) is 0.359. The van der Waals surface area contributed by atoms with Gasteiger partial charge in [-0.05, 0) is 65.1 Å². The Hall–Kier alpha value is -1.89. The molecule has 7 nitrogen and oxygen atoms in total. The summed E-state index contributed by atoms with van der Waals surface area (Å²) in [5, 5.41) is 3.29. The molecule has 0 bridgehead atoms. The number of rotatable bonds is 4. The zero-order chi connectivity index (χ0) is 19.3. The standard InChI is InChI=1S/C21H34N6O/c1-25-11-7-18(8-12-25)24-20(28)17-5-13-26(14-6-17)19-15-22-21(23-16-19)27-9-3-2-4-10-27/h15-18H,2-14H2,1H3,(H,24,28). The summed E-state index contributed by atoms with van der Waals surface area (Å²) in [6.07, 6.45) is 11.7. The van der Waals surface area contributed by atoms with Gasteiger partial charge >= 0.3 is 0 Å². The fraction of sp³-hybridized carbons (Fsp3) is 0.762. The molecule has 1 aromatic rings. The lowest BCUT2D eigenvalue weighted by atomic mass is 9.94. The molecule has 0 unspecified atom stereocenters. The molecule has 1 amide bonds. The third kappa shape index (κ3) is 4.74. The summed E-state index contributed by atoms with van der Waals surface area (Å²) < 4.78 is 0. The number of hydrogen-bond donors (Lipinski definition) is 1. The van der Waals surface area contributed by atoms with E-state index >= 15 is 0 Å². The third-order valence-corrected chi connectivity index (χ3v) is 6.56. The second-order valence-electron chi connectivity index (χ2n) is 8.64. The molecule has 0 aliphatic carbocycles. The van der Waals surface area contributed by atoms with Gasteiger partial charge in [0.25, 0.3) is 0 Å². The van der Waals surface area contributed by atoms with Crippen molar-refractivity contribution in [3.05, 3.63) is 12.4 Å². The Morgan fingerprint density at radius 3 is 2.18 bits per heavy atom. The molecule has 3 aliphatic heterocycles. The van der Waals surface area contributed by atoms with E-state index in [2.05, 4.69) is 37.0 Å². The van der Waals surface area contributed by atoms with Gasteiger partial charge in [0.1, 0.15) is 0 Å². The summed E-state index contributed by atoms with van der Waals surface area (Å²) in [7, 11) is 2.15. The Balaban J connectivity index is 1.25. The average Bonchev–Trinajstić information content (AvgIpc) is 2.76.